The Bertz CT molecular complexity index is 152. The molecule has 0 amide bonds. The Morgan fingerprint density at radius 3 is 2.70 bits per heavy atom. The van der Waals surface area contributed by atoms with Gasteiger partial charge in [0.25, 0.3) is 0 Å². The summed E-state index contributed by atoms with van der Waals surface area (Å²) in [6, 6.07) is 0. The summed E-state index contributed by atoms with van der Waals surface area (Å²) in [6.07, 6.45) is 8.79. The van der Waals surface area contributed by atoms with Gasteiger partial charge in [0.05, 0.1) is 0 Å². The van der Waals surface area contributed by atoms with Crippen LogP contribution in [0.1, 0.15) is 27.2 Å². The minimum Gasteiger partial charge on any atom is -0.265 e. The lowest BCUT2D eigenvalue weighted by atomic mass is 10.3. The summed E-state index contributed by atoms with van der Waals surface area (Å²) in [5.74, 6) is 0. The van der Waals surface area contributed by atoms with Crippen molar-refractivity contribution in [3.8, 4) is 0 Å². The van der Waals surface area contributed by atoms with E-state index in [0.29, 0.717) is 0 Å². The van der Waals surface area contributed by atoms with Gasteiger partial charge in [-0.25, -0.2) is 0 Å². The molecular weight excluding hydrogens is 122 g/mol. The van der Waals surface area contributed by atoms with Crippen LogP contribution in [-0.2, 0) is 0 Å². The molecule has 1 heteroatoms. The van der Waals surface area contributed by atoms with E-state index in [1.54, 1.807) is 0 Å². The van der Waals surface area contributed by atoms with Crippen molar-refractivity contribution in [2.24, 2.45) is 4.99 Å². The zero-order valence-electron chi connectivity index (χ0n) is 6.96. The number of rotatable bonds is 3. The normalized spacial score (nSPS) is 13.7. The first-order valence-corrected chi connectivity index (χ1v) is 3.62. The second-order valence-corrected chi connectivity index (χ2v) is 2.10. The molecule has 0 aromatic rings. The van der Waals surface area contributed by atoms with Crippen LogP contribution >= 0.6 is 0 Å². The van der Waals surface area contributed by atoms with Crippen molar-refractivity contribution in [3.63, 3.8) is 0 Å². The van der Waals surface area contributed by atoms with Crippen LogP contribution in [0, 0.1) is 0 Å². The smallest absolute Gasteiger partial charge is 0.0293 e. The highest BCUT2D eigenvalue weighted by Gasteiger charge is 1.73. The second kappa shape index (κ2) is 6.27. The van der Waals surface area contributed by atoms with Crippen molar-refractivity contribution in [3.05, 3.63) is 23.9 Å². The van der Waals surface area contributed by atoms with E-state index < -0.39 is 0 Å². The van der Waals surface area contributed by atoms with Gasteiger partial charge in [0.1, 0.15) is 0 Å². The predicted octanol–water partition coefficient (Wildman–Crippen LogP) is 2.95. The van der Waals surface area contributed by atoms with Gasteiger partial charge in [-0.15, -0.1) is 0 Å². The maximum Gasteiger partial charge on any atom is 0.0293 e. The Morgan fingerprint density at radius 1 is 1.50 bits per heavy atom. The highest BCUT2D eigenvalue weighted by atomic mass is 14.7. The van der Waals surface area contributed by atoms with Gasteiger partial charge in [0.15, 0.2) is 0 Å². The Labute approximate surface area is 63.2 Å². The standard InChI is InChI=1S/C9H15N/c1-4-6-7-10-8-9(3)5-2/h5-8H,4H2,1-3H3/b7-6-,9-5-,10-8-. The fourth-order valence-corrected chi connectivity index (χ4v) is 0.401. The third-order valence-corrected chi connectivity index (χ3v) is 1.16. The molecule has 0 spiro atoms. The highest BCUT2D eigenvalue weighted by Crippen LogP contribution is 1.87. The summed E-state index contributed by atoms with van der Waals surface area (Å²) in [7, 11) is 0. The van der Waals surface area contributed by atoms with Crippen molar-refractivity contribution < 1.29 is 0 Å². The topological polar surface area (TPSA) is 12.4 Å². The Balaban J connectivity index is 3.66. The van der Waals surface area contributed by atoms with Crippen LogP contribution in [0.5, 0.6) is 0 Å². The molecule has 0 aliphatic carbocycles. The molecule has 0 aliphatic rings. The van der Waals surface area contributed by atoms with Gasteiger partial charge in [0, 0.05) is 12.4 Å². The zero-order valence-corrected chi connectivity index (χ0v) is 6.96. The Hall–Kier alpha value is -0.850. The maximum absolute atomic E-state index is 4.06. The predicted molar refractivity (Wildman–Crippen MR) is 47.4 cm³/mol. The van der Waals surface area contributed by atoms with Crippen molar-refractivity contribution in [2.45, 2.75) is 27.2 Å². The number of allylic oxidation sites excluding steroid dienone is 3. The van der Waals surface area contributed by atoms with Gasteiger partial charge in [0.2, 0.25) is 0 Å². The molecule has 0 saturated carbocycles. The summed E-state index contributed by atoms with van der Waals surface area (Å²) in [6.45, 7) is 6.13. The molecule has 10 heavy (non-hydrogen) atoms. The molecule has 0 unspecified atom stereocenters. The van der Waals surface area contributed by atoms with Crippen LogP contribution in [0.15, 0.2) is 28.9 Å². The number of nitrogens with zero attached hydrogens (tertiary/aromatic N) is 1. The molecule has 56 valence electrons. The minimum absolute atomic E-state index is 1.05. The van der Waals surface area contributed by atoms with Crippen LogP contribution in [0.4, 0.5) is 0 Å². The highest BCUT2D eigenvalue weighted by molar-refractivity contribution is 5.77. The summed E-state index contributed by atoms with van der Waals surface area (Å²) in [5.41, 5.74) is 1.20. The van der Waals surface area contributed by atoms with Gasteiger partial charge in [-0.05, 0) is 25.8 Å². The molecule has 1 nitrogen and oxygen atoms in total. The van der Waals surface area contributed by atoms with Gasteiger partial charge < -0.3 is 0 Å². The van der Waals surface area contributed by atoms with Crippen molar-refractivity contribution in [2.75, 3.05) is 0 Å². The monoisotopic (exact) mass is 137 g/mol. The van der Waals surface area contributed by atoms with Crippen LogP contribution in [0.25, 0.3) is 0 Å². The molecule has 0 heterocycles. The molecule has 0 saturated heterocycles. The molecular formula is C9H15N. The van der Waals surface area contributed by atoms with E-state index in [-0.39, 0.29) is 0 Å². The van der Waals surface area contributed by atoms with Gasteiger partial charge in [-0.3, -0.25) is 4.99 Å². The number of hydrogen-bond acceptors (Lipinski definition) is 1. The second-order valence-electron chi connectivity index (χ2n) is 2.10. The quantitative estimate of drug-likeness (QED) is 0.530. The number of aliphatic imine (C=N–C) groups is 1. The summed E-state index contributed by atoms with van der Waals surface area (Å²) in [5, 5.41) is 0. The van der Waals surface area contributed by atoms with Crippen molar-refractivity contribution in [1.29, 1.82) is 0 Å². The van der Waals surface area contributed by atoms with E-state index >= 15 is 0 Å². The third kappa shape index (κ3) is 5.29. The fraction of sp³-hybridized carbons (Fsp3) is 0.444. The summed E-state index contributed by atoms with van der Waals surface area (Å²) < 4.78 is 0. The lowest BCUT2D eigenvalue weighted by Crippen LogP contribution is -1.72. The summed E-state index contributed by atoms with van der Waals surface area (Å²) in [4.78, 5) is 4.06. The number of hydrogen-bond donors (Lipinski definition) is 0. The zero-order chi connectivity index (χ0) is 7.82. The largest absolute Gasteiger partial charge is 0.265 e. The van der Waals surface area contributed by atoms with E-state index in [2.05, 4.69) is 11.9 Å². The molecule has 0 radical (unpaired) electrons. The fourth-order valence-electron chi connectivity index (χ4n) is 0.401. The molecule has 0 atom stereocenters. The molecule has 0 N–H and O–H groups in total. The van der Waals surface area contributed by atoms with E-state index in [4.69, 9.17) is 0 Å². The van der Waals surface area contributed by atoms with Gasteiger partial charge in [-0.1, -0.05) is 19.1 Å². The molecule has 0 bridgehead atoms. The summed E-state index contributed by atoms with van der Waals surface area (Å²) >= 11 is 0. The molecule has 0 rings (SSSR count). The maximum atomic E-state index is 4.06. The SMILES string of the molecule is C\C=C(C)/C=N\C=C/CC. The van der Waals surface area contributed by atoms with E-state index in [1.807, 2.05) is 38.4 Å². The van der Waals surface area contributed by atoms with E-state index in [1.165, 1.54) is 5.57 Å². The van der Waals surface area contributed by atoms with Crippen molar-refractivity contribution in [1.82, 2.24) is 0 Å². The first kappa shape index (κ1) is 9.15. The van der Waals surface area contributed by atoms with Crippen LogP contribution < -0.4 is 0 Å². The average molecular weight is 137 g/mol. The third-order valence-electron chi connectivity index (χ3n) is 1.16. The van der Waals surface area contributed by atoms with Crippen LogP contribution in [-0.4, -0.2) is 6.21 Å². The van der Waals surface area contributed by atoms with Gasteiger partial charge >= 0.3 is 0 Å². The van der Waals surface area contributed by atoms with Crippen LogP contribution in [0.2, 0.25) is 0 Å². The lowest BCUT2D eigenvalue weighted by Gasteiger charge is -1.83. The first-order chi connectivity index (χ1) is 4.81. The van der Waals surface area contributed by atoms with E-state index in [0.717, 1.165) is 6.42 Å². The molecule has 0 aromatic carbocycles. The molecule has 0 aliphatic heterocycles. The minimum atomic E-state index is 1.05. The average Bonchev–Trinajstić information content (AvgIpc) is 1.98. The van der Waals surface area contributed by atoms with Crippen LogP contribution in [0.3, 0.4) is 0 Å². The first-order valence-electron chi connectivity index (χ1n) is 3.62. The molecule has 0 aromatic heterocycles. The van der Waals surface area contributed by atoms with E-state index in [9.17, 15) is 0 Å². The van der Waals surface area contributed by atoms with Crippen molar-refractivity contribution >= 4 is 6.21 Å². The Kier molecular flexibility index (Phi) is 5.74. The Morgan fingerprint density at radius 2 is 2.20 bits per heavy atom. The van der Waals surface area contributed by atoms with Gasteiger partial charge in [-0.2, -0.15) is 0 Å². The lowest BCUT2D eigenvalue weighted by molar-refractivity contribution is 1.21. The molecule has 0 fully saturated rings.